The van der Waals surface area contributed by atoms with Gasteiger partial charge in [-0.2, -0.15) is 0 Å². The van der Waals surface area contributed by atoms with E-state index in [4.69, 9.17) is 0 Å². The summed E-state index contributed by atoms with van der Waals surface area (Å²) in [5, 5.41) is 3.01. The molecule has 0 bridgehead atoms. The highest BCUT2D eigenvalue weighted by Crippen LogP contribution is 2.29. The summed E-state index contributed by atoms with van der Waals surface area (Å²) in [4.78, 5) is 26.7. The molecule has 2 amide bonds. The summed E-state index contributed by atoms with van der Waals surface area (Å²) in [6, 6.07) is 15.7. The monoisotopic (exact) mass is 362 g/mol. The molecule has 2 aromatic rings. The summed E-state index contributed by atoms with van der Waals surface area (Å²) in [6.45, 7) is 1.20. The van der Waals surface area contributed by atoms with Crippen molar-refractivity contribution in [1.82, 2.24) is 4.90 Å². The third-order valence-electron chi connectivity index (χ3n) is 5.74. The standard InChI is InChI=1S/C23H26N2O2/c26-22(13-10-17-6-4-5-7-17)24-20-11-12-21-19(14-20)16-25(23(21)27)15-18-8-2-1-3-9-18/h1-3,8-9,11-12,14,17H,4-7,10,13,15-16H2,(H,24,26). The Labute approximate surface area is 160 Å². The first-order chi connectivity index (χ1) is 13.2. The van der Waals surface area contributed by atoms with E-state index in [1.54, 1.807) is 0 Å². The molecule has 4 nitrogen and oxygen atoms in total. The molecular weight excluding hydrogens is 336 g/mol. The van der Waals surface area contributed by atoms with E-state index in [-0.39, 0.29) is 11.8 Å². The molecule has 4 rings (SSSR count). The average molecular weight is 362 g/mol. The van der Waals surface area contributed by atoms with Crippen LogP contribution in [-0.4, -0.2) is 16.7 Å². The van der Waals surface area contributed by atoms with Gasteiger partial charge in [-0.3, -0.25) is 9.59 Å². The van der Waals surface area contributed by atoms with E-state index < -0.39 is 0 Å². The molecule has 27 heavy (non-hydrogen) atoms. The number of fused-ring (bicyclic) bond motifs is 1. The van der Waals surface area contributed by atoms with Crippen molar-refractivity contribution in [2.75, 3.05) is 5.32 Å². The fourth-order valence-corrected chi connectivity index (χ4v) is 4.25. The van der Waals surface area contributed by atoms with Crippen LogP contribution in [0.5, 0.6) is 0 Å². The minimum Gasteiger partial charge on any atom is -0.330 e. The van der Waals surface area contributed by atoms with Crippen LogP contribution in [0.2, 0.25) is 0 Å². The largest absolute Gasteiger partial charge is 0.330 e. The maximum Gasteiger partial charge on any atom is 0.254 e. The number of rotatable bonds is 6. The van der Waals surface area contributed by atoms with Crippen LogP contribution in [-0.2, 0) is 17.9 Å². The number of carbonyl (C=O) groups excluding carboxylic acids is 2. The summed E-state index contributed by atoms with van der Waals surface area (Å²) < 4.78 is 0. The number of benzene rings is 2. The second-order valence-corrected chi connectivity index (χ2v) is 7.76. The minimum atomic E-state index is 0.0629. The lowest BCUT2D eigenvalue weighted by molar-refractivity contribution is -0.116. The van der Waals surface area contributed by atoms with E-state index in [9.17, 15) is 9.59 Å². The van der Waals surface area contributed by atoms with Gasteiger partial charge in [-0.25, -0.2) is 0 Å². The van der Waals surface area contributed by atoms with Gasteiger partial charge >= 0.3 is 0 Å². The Hall–Kier alpha value is -2.62. The molecule has 140 valence electrons. The Morgan fingerprint density at radius 2 is 1.85 bits per heavy atom. The van der Waals surface area contributed by atoms with E-state index in [1.165, 1.54) is 25.7 Å². The van der Waals surface area contributed by atoms with Crippen LogP contribution in [0.25, 0.3) is 0 Å². The molecule has 0 aromatic heterocycles. The van der Waals surface area contributed by atoms with E-state index in [2.05, 4.69) is 5.32 Å². The van der Waals surface area contributed by atoms with Crippen LogP contribution in [0.15, 0.2) is 48.5 Å². The van der Waals surface area contributed by atoms with Crippen LogP contribution in [0, 0.1) is 5.92 Å². The summed E-state index contributed by atoms with van der Waals surface area (Å²) >= 11 is 0. The Morgan fingerprint density at radius 3 is 2.63 bits per heavy atom. The topological polar surface area (TPSA) is 49.4 Å². The highest BCUT2D eigenvalue weighted by Gasteiger charge is 2.27. The Balaban J connectivity index is 1.36. The van der Waals surface area contributed by atoms with Crippen molar-refractivity contribution in [3.63, 3.8) is 0 Å². The number of amides is 2. The molecule has 0 saturated heterocycles. The third-order valence-corrected chi connectivity index (χ3v) is 5.74. The number of nitrogens with zero attached hydrogens (tertiary/aromatic N) is 1. The number of hydrogen-bond donors (Lipinski definition) is 1. The quantitative estimate of drug-likeness (QED) is 0.806. The van der Waals surface area contributed by atoms with Crippen LogP contribution in [0.1, 0.15) is 60.0 Å². The van der Waals surface area contributed by atoms with Crippen molar-refractivity contribution in [2.24, 2.45) is 5.92 Å². The second-order valence-electron chi connectivity index (χ2n) is 7.76. The van der Waals surface area contributed by atoms with E-state index >= 15 is 0 Å². The molecule has 4 heteroatoms. The molecule has 0 unspecified atom stereocenters. The van der Waals surface area contributed by atoms with Crippen molar-refractivity contribution in [1.29, 1.82) is 0 Å². The Bertz CT molecular complexity index is 826. The molecule has 0 radical (unpaired) electrons. The fourth-order valence-electron chi connectivity index (χ4n) is 4.25. The lowest BCUT2D eigenvalue weighted by Crippen LogP contribution is -2.23. The molecule has 1 fully saturated rings. The third kappa shape index (κ3) is 4.21. The lowest BCUT2D eigenvalue weighted by Gasteiger charge is -2.15. The zero-order valence-corrected chi connectivity index (χ0v) is 15.6. The Kier molecular flexibility index (Phi) is 5.23. The van der Waals surface area contributed by atoms with E-state index in [0.29, 0.717) is 19.5 Å². The van der Waals surface area contributed by atoms with E-state index in [0.717, 1.165) is 34.7 Å². The maximum absolute atomic E-state index is 12.6. The highest BCUT2D eigenvalue weighted by atomic mass is 16.2. The number of hydrogen-bond acceptors (Lipinski definition) is 2. The highest BCUT2D eigenvalue weighted by molar-refractivity contribution is 5.99. The predicted molar refractivity (Wildman–Crippen MR) is 106 cm³/mol. The summed E-state index contributed by atoms with van der Waals surface area (Å²) in [7, 11) is 0. The molecule has 0 spiro atoms. The van der Waals surface area contributed by atoms with Crippen LogP contribution in [0.4, 0.5) is 5.69 Å². The van der Waals surface area contributed by atoms with Gasteiger partial charge in [0.25, 0.3) is 5.91 Å². The van der Waals surface area contributed by atoms with Crippen LogP contribution in [0.3, 0.4) is 0 Å². The van der Waals surface area contributed by atoms with Crippen molar-refractivity contribution in [2.45, 2.75) is 51.6 Å². The molecule has 2 aromatic carbocycles. The van der Waals surface area contributed by atoms with Crippen molar-refractivity contribution < 1.29 is 9.59 Å². The molecule has 0 atom stereocenters. The maximum atomic E-state index is 12.6. The van der Waals surface area contributed by atoms with Gasteiger partial charge in [0.05, 0.1) is 0 Å². The molecule has 1 saturated carbocycles. The van der Waals surface area contributed by atoms with Gasteiger partial charge in [0.15, 0.2) is 0 Å². The molecule has 1 heterocycles. The summed E-state index contributed by atoms with van der Waals surface area (Å²) in [5.41, 5.74) is 3.65. The van der Waals surface area contributed by atoms with Gasteiger partial charge in [0.2, 0.25) is 5.91 Å². The smallest absolute Gasteiger partial charge is 0.254 e. The first-order valence-electron chi connectivity index (χ1n) is 9.95. The van der Waals surface area contributed by atoms with Gasteiger partial charge in [-0.05, 0) is 41.7 Å². The zero-order chi connectivity index (χ0) is 18.6. The van der Waals surface area contributed by atoms with Gasteiger partial charge in [-0.1, -0.05) is 56.0 Å². The zero-order valence-electron chi connectivity index (χ0n) is 15.6. The van der Waals surface area contributed by atoms with Gasteiger partial charge in [0.1, 0.15) is 0 Å². The van der Waals surface area contributed by atoms with Crippen molar-refractivity contribution in [3.05, 3.63) is 65.2 Å². The van der Waals surface area contributed by atoms with E-state index in [1.807, 2.05) is 53.4 Å². The van der Waals surface area contributed by atoms with Gasteiger partial charge < -0.3 is 10.2 Å². The normalized spacial score (nSPS) is 16.6. The number of carbonyl (C=O) groups is 2. The Morgan fingerprint density at radius 1 is 1.07 bits per heavy atom. The summed E-state index contributed by atoms with van der Waals surface area (Å²) in [5.74, 6) is 0.861. The van der Waals surface area contributed by atoms with Gasteiger partial charge in [-0.15, -0.1) is 0 Å². The van der Waals surface area contributed by atoms with Crippen LogP contribution >= 0.6 is 0 Å². The van der Waals surface area contributed by atoms with Crippen LogP contribution < -0.4 is 5.32 Å². The SMILES string of the molecule is O=C(CCC1CCCC1)Nc1ccc2c(c1)CN(Cc1ccccc1)C2=O. The number of nitrogens with one attached hydrogen (secondary N) is 1. The van der Waals surface area contributed by atoms with Crippen molar-refractivity contribution in [3.8, 4) is 0 Å². The molecular formula is C23H26N2O2. The predicted octanol–water partition coefficient (Wildman–Crippen LogP) is 4.75. The van der Waals surface area contributed by atoms with Gasteiger partial charge in [0, 0.05) is 30.8 Å². The number of anilines is 1. The average Bonchev–Trinajstić information content (AvgIpc) is 3.30. The first kappa shape index (κ1) is 17.8. The van der Waals surface area contributed by atoms with Crippen molar-refractivity contribution >= 4 is 17.5 Å². The molecule has 1 aliphatic carbocycles. The lowest BCUT2D eigenvalue weighted by atomic mass is 10.0. The molecule has 2 aliphatic rings. The fraction of sp³-hybridized carbons (Fsp3) is 0.391. The second kappa shape index (κ2) is 7.95. The minimum absolute atomic E-state index is 0.0629. The molecule has 1 N–H and O–H groups in total. The molecule has 1 aliphatic heterocycles. The summed E-state index contributed by atoms with van der Waals surface area (Å²) in [6.07, 6.45) is 6.73. The first-order valence-corrected chi connectivity index (χ1v) is 9.95.